The average molecular weight is 346 g/mol. The Labute approximate surface area is 134 Å². The van der Waals surface area contributed by atoms with Gasteiger partial charge >= 0.3 is 12.2 Å². The van der Waals surface area contributed by atoms with E-state index in [2.05, 4.69) is 10.5 Å². The van der Waals surface area contributed by atoms with Crippen molar-refractivity contribution in [2.45, 2.75) is 19.1 Å². The minimum atomic E-state index is -4.53. The van der Waals surface area contributed by atoms with E-state index in [0.717, 1.165) is 23.5 Å². The molecule has 0 fully saturated rings. The summed E-state index contributed by atoms with van der Waals surface area (Å²) < 4.78 is 43.0. The van der Waals surface area contributed by atoms with Gasteiger partial charge < -0.3 is 14.7 Å². The maximum Gasteiger partial charge on any atom is 0.417 e. The van der Waals surface area contributed by atoms with Crippen LogP contribution in [0, 0.1) is 0 Å². The van der Waals surface area contributed by atoms with Gasteiger partial charge in [-0.05, 0) is 18.2 Å². The van der Waals surface area contributed by atoms with E-state index >= 15 is 0 Å². The Hall–Kier alpha value is -2.22. The molecule has 122 valence electrons. The van der Waals surface area contributed by atoms with Crippen LogP contribution in [0.3, 0.4) is 0 Å². The molecule has 5 nitrogen and oxygen atoms in total. The molecule has 2 heterocycles. The van der Waals surface area contributed by atoms with Gasteiger partial charge in [0, 0.05) is 24.2 Å². The summed E-state index contributed by atoms with van der Waals surface area (Å²) in [5.74, 6) is 0.742. The zero-order valence-electron chi connectivity index (χ0n) is 11.7. The molecule has 0 atom stereocenters. The first-order valence-electron chi connectivity index (χ1n) is 6.69. The fraction of sp³-hybridized carbons (Fsp3) is 0.286. The molecule has 0 bridgehead atoms. The number of alkyl halides is 3. The molecule has 1 aliphatic heterocycles. The largest absolute Gasteiger partial charge is 0.417 e. The number of benzene rings is 1. The molecular formula is C14H11ClF3N3O2. The first-order chi connectivity index (χ1) is 10.8. The van der Waals surface area contributed by atoms with Crippen LogP contribution in [0.4, 0.5) is 23.7 Å². The van der Waals surface area contributed by atoms with Gasteiger partial charge in [-0.3, -0.25) is 0 Å². The zero-order chi connectivity index (χ0) is 16.6. The van der Waals surface area contributed by atoms with Gasteiger partial charge in [0.15, 0.2) is 0 Å². The molecule has 9 heteroatoms. The summed E-state index contributed by atoms with van der Waals surface area (Å²) in [7, 11) is 0. The van der Waals surface area contributed by atoms with Gasteiger partial charge in [-0.25, -0.2) is 4.79 Å². The first kappa shape index (κ1) is 15.7. The number of anilines is 1. The maximum absolute atomic E-state index is 12.6. The number of aromatic nitrogens is 1. The lowest BCUT2D eigenvalue weighted by atomic mass is 10.1. The summed E-state index contributed by atoms with van der Waals surface area (Å²) in [6, 6.07) is 2.66. The predicted molar refractivity (Wildman–Crippen MR) is 76.1 cm³/mol. The molecule has 2 amide bonds. The van der Waals surface area contributed by atoms with E-state index in [1.807, 2.05) is 0 Å². The van der Waals surface area contributed by atoms with Crippen molar-refractivity contribution in [1.29, 1.82) is 0 Å². The number of carbonyl (C=O) groups excluding carboxylic acids is 1. The Morgan fingerprint density at radius 2 is 2.17 bits per heavy atom. The highest BCUT2D eigenvalue weighted by atomic mass is 35.5. The van der Waals surface area contributed by atoms with E-state index in [0.29, 0.717) is 19.5 Å². The molecule has 1 aliphatic rings. The van der Waals surface area contributed by atoms with E-state index in [-0.39, 0.29) is 5.69 Å². The van der Waals surface area contributed by atoms with Crippen LogP contribution in [0.5, 0.6) is 0 Å². The van der Waals surface area contributed by atoms with Crippen LogP contribution in [-0.2, 0) is 19.1 Å². The Morgan fingerprint density at radius 1 is 1.39 bits per heavy atom. The standard InChI is InChI=1S/C14H11ClF3N3O2/c15-11-5-9(1-2-10(11)14(16,17)18)20-13(22)21-4-3-12-8(7-21)6-19-23-12/h1-2,5-6H,3-4,7H2,(H,20,22). The second kappa shape index (κ2) is 5.77. The molecule has 1 aromatic heterocycles. The van der Waals surface area contributed by atoms with Crippen molar-refractivity contribution in [3.63, 3.8) is 0 Å². The number of fused-ring (bicyclic) bond motifs is 1. The van der Waals surface area contributed by atoms with E-state index in [1.54, 1.807) is 6.20 Å². The first-order valence-corrected chi connectivity index (χ1v) is 7.07. The van der Waals surface area contributed by atoms with Crippen LogP contribution < -0.4 is 5.32 Å². The molecule has 1 aromatic carbocycles. The normalized spacial score (nSPS) is 14.5. The van der Waals surface area contributed by atoms with E-state index in [1.165, 1.54) is 11.0 Å². The fourth-order valence-electron chi connectivity index (χ4n) is 2.34. The molecule has 23 heavy (non-hydrogen) atoms. The van der Waals surface area contributed by atoms with Crippen LogP contribution in [0.1, 0.15) is 16.9 Å². The van der Waals surface area contributed by atoms with Crippen molar-refractivity contribution in [2.24, 2.45) is 0 Å². The van der Waals surface area contributed by atoms with Crippen LogP contribution in [0.2, 0.25) is 5.02 Å². The monoisotopic (exact) mass is 345 g/mol. The minimum absolute atomic E-state index is 0.198. The van der Waals surface area contributed by atoms with Crippen molar-refractivity contribution in [2.75, 3.05) is 11.9 Å². The number of nitrogens with one attached hydrogen (secondary N) is 1. The van der Waals surface area contributed by atoms with Gasteiger partial charge in [0.25, 0.3) is 0 Å². The summed E-state index contributed by atoms with van der Waals surface area (Å²) in [4.78, 5) is 13.7. The smallest absolute Gasteiger partial charge is 0.361 e. The molecule has 0 saturated heterocycles. The Balaban J connectivity index is 1.70. The number of nitrogens with zero attached hydrogens (tertiary/aromatic N) is 2. The van der Waals surface area contributed by atoms with Crippen LogP contribution in [0.15, 0.2) is 28.9 Å². The van der Waals surface area contributed by atoms with E-state index in [9.17, 15) is 18.0 Å². The quantitative estimate of drug-likeness (QED) is 0.851. The summed E-state index contributed by atoms with van der Waals surface area (Å²) >= 11 is 5.63. The van der Waals surface area contributed by atoms with Crippen molar-refractivity contribution >= 4 is 23.3 Å². The highest BCUT2D eigenvalue weighted by Crippen LogP contribution is 2.35. The van der Waals surface area contributed by atoms with Gasteiger partial charge in [-0.1, -0.05) is 16.8 Å². The van der Waals surface area contributed by atoms with Gasteiger partial charge in [0.05, 0.1) is 23.3 Å². The summed E-state index contributed by atoms with van der Waals surface area (Å²) in [5, 5.41) is 5.74. The Kier molecular flexibility index (Phi) is 3.93. The highest BCUT2D eigenvalue weighted by molar-refractivity contribution is 6.31. The predicted octanol–water partition coefficient (Wildman–Crippen LogP) is 3.94. The van der Waals surface area contributed by atoms with E-state index in [4.69, 9.17) is 16.1 Å². The van der Waals surface area contributed by atoms with Crippen LogP contribution in [0.25, 0.3) is 0 Å². The highest BCUT2D eigenvalue weighted by Gasteiger charge is 2.33. The van der Waals surface area contributed by atoms with E-state index < -0.39 is 22.8 Å². The topological polar surface area (TPSA) is 58.4 Å². The molecule has 1 N–H and O–H groups in total. The third kappa shape index (κ3) is 3.26. The molecule has 0 radical (unpaired) electrons. The lowest BCUT2D eigenvalue weighted by Crippen LogP contribution is -2.38. The lowest BCUT2D eigenvalue weighted by molar-refractivity contribution is -0.137. The number of carbonyl (C=O) groups is 1. The van der Waals surface area contributed by atoms with Crippen molar-refractivity contribution in [3.05, 3.63) is 46.3 Å². The SMILES string of the molecule is O=C(Nc1ccc(C(F)(F)F)c(Cl)c1)N1CCc2oncc2C1. The molecule has 0 aliphatic carbocycles. The average Bonchev–Trinajstić information content (AvgIpc) is 2.93. The second-order valence-corrected chi connectivity index (χ2v) is 5.48. The van der Waals surface area contributed by atoms with Gasteiger partial charge in [-0.15, -0.1) is 0 Å². The van der Waals surface area contributed by atoms with Gasteiger partial charge in [0.2, 0.25) is 0 Å². The number of rotatable bonds is 1. The molecular weight excluding hydrogens is 335 g/mol. The van der Waals surface area contributed by atoms with Crippen molar-refractivity contribution < 1.29 is 22.5 Å². The molecule has 2 aromatic rings. The fourth-order valence-corrected chi connectivity index (χ4v) is 2.63. The number of hydrogen-bond donors (Lipinski definition) is 1. The Bertz CT molecular complexity index is 745. The minimum Gasteiger partial charge on any atom is -0.361 e. The second-order valence-electron chi connectivity index (χ2n) is 5.07. The van der Waals surface area contributed by atoms with Crippen molar-refractivity contribution in [3.8, 4) is 0 Å². The molecule has 0 saturated carbocycles. The number of halogens is 4. The molecule has 0 spiro atoms. The van der Waals surface area contributed by atoms with Gasteiger partial charge in [-0.2, -0.15) is 13.2 Å². The number of urea groups is 1. The van der Waals surface area contributed by atoms with Gasteiger partial charge in [0.1, 0.15) is 5.76 Å². The third-order valence-corrected chi connectivity index (χ3v) is 3.83. The lowest BCUT2D eigenvalue weighted by Gasteiger charge is -2.26. The molecule has 3 rings (SSSR count). The third-order valence-electron chi connectivity index (χ3n) is 3.51. The van der Waals surface area contributed by atoms with Crippen LogP contribution >= 0.6 is 11.6 Å². The summed E-state index contributed by atoms with van der Waals surface area (Å²) in [6.45, 7) is 0.765. The molecule has 0 unspecified atom stereocenters. The summed E-state index contributed by atoms with van der Waals surface area (Å²) in [6.07, 6.45) is -2.45. The maximum atomic E-state index is 12.6. The summed E-state index contributed by atoms with van der Waals surface area (Å²) in [5.41, 5.74) is 0.0743. The zero-order valence-corrected chi connectivity index (χ0v) is 12.4. The number of amides is 2. The number of hydrogen-bond acceptors (Lipinski definition) is 3. The Morgan fingerprint density at radius 3 is 2.87 bits per heavy atom. The van der Waals surface area contributed by atoms with Crippen molar-refractivity contribution in [1.82, 2.24) is 10.1 Å². The van der Waals surface area contributed by atoms with Crippen LogP contribution in [-0.4, -0.2) is 22.6 Å².